The zero-order valence-corrected chi connectivity index (χ0v) is 35.1. The third-order valence-electron chi connectivity index (χ3n) is 11.9. The van der Waals surface area contributed by atoms with Crippen LogP contribution in [-0.4, -0.2) is 6.88 Å². The predicted molar refractivity (Wildman–Crippen MR) is 226 cm³/mol. The van der Waals surface area contributed by atoms with Crippen molar-refractivity contribution in [2.24, 2.45) is 0 Å². The van der Waals surface area contributed by atoms with E-state index in [1.54, 1.807) is 22.3 Å². The van der Waals surface area contributed by atoms with Crippen LogP contribution in [0.15, 0.2) is 157 Å². The Morgan fingerprint density at radius 1 is 0.423 bits per heavy atom. The van der Waals surface area contributed by atoms with Crippen molar-refractivity contribution in [2.45, 2.75) is 56.0 Å². The van der Waals surface area contributed by atoms with Crippen molar-refractivity contribution in [1.29, 1.82) is 0 Å². The van der Waals surface area contributed by atoms with E-state index in [-0.39, 0.29) is 0 Å². The molecule has 0 amide bonds. The molecule has 0 nitrogen and oxygen atoms in total. The second-order valence-electron chi connectivity index (χ2n) is 16.2. The van der Waals surface area contributed by atoms with E-state index in [2.05, 4.69) is 188 Å². The molecule has 258 valence electrons. The molecular formula is C50H50SiZr. The molecule has 0 N–H and O–H groups in total. The second-order valence-corrected chi connectivity index (χ2v) is 46.7. The van der Waals surface area contributed by atoms with Crippen LogP contribution in [0, 0.1) is 0 Å². The van der Waals surface area contributed by atoms with Gasteiger partial charge in [0, 0.05) is 0 Å². The SMILES string of the molecule is CCCC1=Cc2c(-c3ccccc3)ccc(-c3ccccc3)c2[CH]1[Zr]([CH3])([CH3])(=[SiH2])[CH]1C(CCC)=Cc2c(-c3ccccc3)ccc(-c3ccccc3)c21. The number of benzene rings is 6. The molecule has 6 aromatic carbocycles. The Hall–Kier alpha value is -4.10. The summed E-state index contributed by atoms with van der Waals surface area (Å²) in [6.45, 7) is 7.24. The van der Waals surface area contributed by atoms with Gasteiger partial charge in [0.1, 0.15) is 0 Å². The molecule has 0 saturated heterocycles. The predicted octanol–water partition coefficient (Wildman–Crippen LogP) is 13.9. The summed E-state index contributed by atoms with van der Waals surface area (Å²) in [5.74, 6) is 0. The first-order valence-corrected chi connectivity index (χ1v) is 33.0. The van der Waals surface area contributed by atoms with E-state index < -0.39 is 17.4 Å². The molecule has 0 radical (unpaired) electrons. The first kappa shape index (κ1) is 35.0. The molecule has 0 bridgehead atoms. The van der Waals surface area contributed by atoms with Gasteiger partial charge in [-0.1, -0.05) is 0 Å². The van der Waals surface area contributed by atoms with E-state index in [9.17, 15) is 0 Å². The van der Waals surface area contributed by atoms with Gasteiger partial charge in [0.15, 0.2) is 0 Å². The molecular weight excluding hydrogens is 720 g/mol. The number of fused-ring (bicyclic) bond motifs is 2. The Kier molecular flexibility index (Phi) is 9.44. The summed E-state index contributed by atoms with van der Waals surface area (Å²) >= 11 is -4.04. The average Bonchev–Trinajstić information content (AvgIpc) is 3.76. The molecule has 0 fully saturated rings. The molecule has 6 aromatic rings. The monoisotopic (exact) mass is 768 g/mol. The first-order valence-electron chi connectivity index (χ1n) is 19.3. The Balaban J connectivity index is 1.44. The third-order valence-corrected chi connectivity index (χ3v) is 29.3. The fraction of sp³-hybridized carbons (Fsp3) is 0.200. The van der Waals surface area contributed by atoms with E-state index in [4.69, 9.17) is 0 Å². The number of hydrogen-bond acceptors (Lipinski definition) is 0. The van der Waals surface area contributed by atoms with Gasteiger partial charge >= 0.3 is 316 Å². The van der Waals surface area contributed by atoms with Crippen molar-refractivity contribution < 1.29 is 17.4 Å². The normalized spacial score (nSPS) is 16.6. The van der Waals surface area contributed by atoms with Crippen LogP contribution in [0.25, 0.3) is 56.7 Å². The van der Waals surface area contributed by atoms with Crippen LogP contribution in [0.4, 0.5) is 0 Å². The van der Waals surface area contributed by atoms with Crippen molar-refractivity contribution >= 4 is 19.0 Å². The van der Waals surface area contributed by atoms with Gasteiger partial charge in [-0.15, -0.1) is 0 Å². The Morgan fingerprint density at radius 3 is 1.02 bits per heavy atom. The van der Waals surface area contributed by atoms with Crippen LogP contribution >= 0.6 is 0 Å². The van der Waals surface area contributed by atoms with Crippen molar-refractivity contribution in [2.75, 3.05) is 0 Å². The van der Waals surface area contributed by atoms with Crippen LogP contribution in [0.2, 0.25) is 9.26 Å². The van der Waals surface area contributed by atoms with Crippen LogP contribution in [0.3, 0.4) is 0 Å². The maximum atomic E-state index is 2.83. The summed E-state index contributed by atoms with van der Waals surface area (Å²) < 4.78 is 6.52. The molecule has 2 aliphatic rings. The first-order chi connectivity index (χ1) is 25.3. The van der Waals surface area contributed by atoms with E-state index in [0.717, 1.165) is 25.7 Å². The standard InChI is InChI=1S/2C24H21.2CH3.H2Si.Zr/c2*1-2-9-18-16-23-21(19-10-5-3-6-11-19)14-15-22(24(23)17-18)20-12-7-4-8-13-20;;;;/h2*3-8,10-17H,2,9H2,1H3;2*1H3;1H2;. The van der Waals surface area contributed by atoms with Crippen LogP contribution in [0.5, 0.6) is 0 Å². The molecule has 0 spiro atoms. The molecule has 0 heterocycles. The van der Waals surface area contributed by atoms with E-state index in [1.165, 1.54) is 55.6 Å². The average molecular weight is 770 g/mol. The summed E-state index contributed by atoms with van der Waals surface area (Å²) in [4.78, 5) is 0. The van der Waals surface area contributed by atoms with Gasteiger partial charge in [0.25, 0.3) is 0 Å². The molecule has 2 atom stereocenters. The molecule has 52 heavy (non-hydrogen) atoms. The Bertz CT molecular complexity index is 2210. The minimum absolute atomic E-state index is 0.425. The van der Waals surface area contributed by atoms with Crippen molar-refractivity contribution in [3.8, 4) is 44.5 Å². The van der Waals surface area contributed by atoms with Crippen LogP contribution in [-0.2, 0) is 17.4 Å². The molecule has 0 saturated carbocycles. The second kappa shape index (κ2) is 14.0. The van der Waals surface area contributed by atoms with Gasteiger partial charge < -0.3 is 0 Å². The Morgan fingerprint density at radius 2 is 0.712 bits per heavy atom. The third kappa shape index (κ3) is 6.03. The quantitative estimate of drug-likeness (QED) is 0.122. The summed E-state index contributed by atoms with van der Waals surface area (Å²) in [7, 11) is 0. The van der Waals surface area contributed by atoms with E-state index >= 15 is 0 Å². The molecule has 2 heteroatoms. The minimum atomic E-state index is -4.04. The van der Waals surface area contributed by atoms with Crippen LogP contribution < -0.4 is 0 Å². The van der Waals surface area contributed by atoms with Gasteiger partial charge in [0.05, 0.1) is 0 Å². The topological polar surface area (TPSA) is 0 Å². The van der Waals surface area contributed by atoms with E-state index in [1.807, 2.05) is 0 Å². The van der Waals surface area contributed by atoms with Gasteiger partial charge in [-0.05, 0) is 0 Å². The maximum absolute atomic E-state index is 4.04. The fourth-order valence-corrected chi connectivity index (χ4v) is 29.6. The van der Waals surface area contributed by atoms with Crippen molar-refractivity contribution in [3.63, 3.8) is 0 Å². The molecule has 2 unspecified atom stereocenters. The summed E-state index contributed by atoms with van der Waals surface area (Å²) in [6, 6.07) is 54.4. The summed E-state index contributed by atoms with van der Waals surface area (Å²) in [5.41, 5.74) is 20.3. The van der Waals surface area contributed by atoms with Crippen molar-refractivity contribution in [3.05, 3.63) is 179 Å². The van der Waals surface area contributed by atoms with Gasteiger partial charge in [-0.25, -0.2) is 0 Å². The van der Waals surface area contributed by atoms with E-state index in [0.29, 0.717) is 7.25 Å². The van der Waals surface area contributed by atoms with Gasteiger partial charge in [0.2, 0.25) is 0 Å². The summed E-state index contributed by atoms with van der Waals surface area (Å²) in [5, 5.41) is 0. The molecule has 0 aliphatic heterocycles. The molecule has 0 aromatic heterocycles. The summed E-state index contributed by atoms with van der Waals surface area (Å²) in [6.07, 6.45) is 9.88. The zero-order valence-electron chi connectivity index (χ0n) is 31.2. The van der Waals surface area contributed by atoms with Crippen LogP contribution in [0.1, 0.15) is 69.0 Å². The molecule has 8 rings (SSSR count). The van der Waals surface area contributed by atoms with Gasteiger partial charge in [-0.3, -0.25) is 0 Å². The van der Waals surface area contributed by atoms with Gasteiger partial charge in [-0.2, -0.15) is 0 Å². The zero-order chi connectivity index (χ0) is 35.9. The molecule has 2 aliphatic carbocycles. The number of hydrogen-bond donors (Lipinski definition) is 0. The number of allylic oxidation sites excluding steroid dienone is 2. The fourth-order valence-electron chi connectivity index (χ4n) is 9.93. The number of rotatable bonds is 10. The Labute approximate surface area is 313 Å². The van der Waals surface area contributed by atoms with Crippen molar-refractivity contribution in [1.82, 2.24) is 0 Å².